The molecule has 28 heavy (non-hydrogen) atoms. The van der Waals surface area contributed by atoms with Crippen LogP contribution in [0.1, 0.15) is 10.5 Å². The monoisotopic (exact) mass is 402 g/mol. The molecule has 144 valence electrons. The highest BCUT2D eigenvalue weighted by atomic mass is 35.5. The van der Waals surface area contributed by atoms with Gasteiger partial charge < -0.3 is 25.0 Å². The van der Waals surface area contributed by atoms with Gasteiger partial charge in [0, 0.05) is 10.8 Å². The molecule has 0 bridgehead atoms. The van der Waals surface area contributed by atoms with E-state index in [1.165, 1.54) is 6.07 Å². The Morgan fingerprint density at radius 2 is 1.71 bits per heavy atom. The number of pyridine rings is 1. The van der Waals surface area contributed by atoms with Crippen molar-refractivity contribution in [2.45, 2.75) is 0 Å². The third-order valence-electron chi connectivity index (χ3n) is 3.81. The molecule has 1 aromatic heterocycles. The molecule has 9 heteroatoms. The lowest BCUT2D eigenvalue weighted by Gasteiger charge is -2.11. The first-order chi connectivity index (χ1) is 13.4. The normalized spacial score (nSPS) is 10.5. The van der Waals surface area contributed by atoms with Gasteiger partial charge in [0.15, 0.2) is 11.4 Å². The summed E-state index contributed by atoms with van der Waals surface area (Å²) in [6, 6.07) is 11.7. The van der Waals surface area contributed by atoms with Crippen molar-refractivity contribution in [2.24, 2.45) is 0 Å². The van der Waals surface area contributed by atoms with E-state index < -0.39 is 24.2 Å². The molecule has 0 aliphatic rings. The van der Waals surface area contributed by atoms with Crippen molar-refractivity contribution in [2.75, 3.05) is 13.7 Å². The Morgan fingerprint density at radius 1 is 1.07 bits per heavy atom. The zero-order valence-corrected chi connectivity index (χ0v) is 15.4. The second-order valence-electron chi connectivity index (χ2n) is 5.66. The van der Waals surface area contributed by atoms with Crippen molar-refractivity contribution in [3.05, 3.63) is 53.3 Å². The van der Waals surface area contributed by atoms with Crippen LogP contribution in [-0.2, 0) is 4.79 Å². The van der Waals surface area contributed by atoms with Crippen molar-refractivity contribution in [3.63, 3.8) is 0 Å². The molecule has 3 aromatic rings. The van der Waals surface area contributed by atoms with Crippen LogP contribution in [0, 0.1) is 0 Å². The van der Waals surface area contributed by atoms with Gasteiger partial charge in [0.1, 0.15) is 28.9 Å². The molecule has 3 rings (SSSR count). The van der Waals surface area contributed by atoms with Crippen molar-refractivity contribution >= 4 is 34.2 Å². The standard InChI is InChI=1S/C19H15ClN2O6/c1-27-10-2-4-11(5-3-10)28-12-6-7-13-14(8-12)18(20)22-16(17(13)25)19(26)21-9-15(23)24/h2-8,25H,9H2,1H3,(H,21,26)(H,23,24). The number of carbonyl (C=O) groups is 2. The number of carboxylic acids is 1. The van der Waals surface area contributed by atoms with Crippen LogP contribution in [0.3, 0.4) is 0 Å². The highest BCUT2D eigenvalue weighted by molar-refractivity contribution is 6.35. The van der Waals surface area contributed by atoms with E-state index in [9.17, 15) is 14.7 Å². The van der Waals surface area contributed by atoms with Gasteiger partial charge >= 0.3 is 5.97 Å². The van der Waals surface area contributed by atoms with Gasteiger partial charge in [-0.15, -0.1) is 0 Å². The fourth-order valence-electron chi connectivity index (χ4n) is 2.48. The number of ether oxygens (including phenoxy) is 2. The van der Waals surface area contributed by atoms with E-state index in [1.807, 2.05) is 0 Å². The minimum absolute atomic E-state index is 0.0338. The summed E-state index contributed by atoms with van der Waals surface area (Å²) in [5.74, 6) is -0.765. The third-order valence-corrected chi connectivity index (χ3v) is 4.10. The minimum Gasteiger partial charge on any atom is -0.505 e. The number of carboxylic acid groups (broad SMARTS) is 1. The Kier molecular flexibility index (Phi) is 5.51. The van der Waals surface area contributed by atoms with E-state index in [0.717, 1.165) is 0 Å². The summed E-state index contributed by atoms with van der Waals surface area (Å²) in [6.45, 7) is -0.607. The van der Waals surface area contributed by atoms with Crippen LogP contribution < -0.4 is 14.8 Å². The number of aromatic nitrogens is 1. The van der Waals surface area contributed by atoms with Gasteiger partial charge in [-0.3, -0.25) is 9.59 Å². The topological polar surface area (TPSA) is 118 Å². The first kappa shape index (κ1) is 19.2. The maximum atomic E-state index is 12.0. The van der Waals surface area contributed by atoms with Gasteiger partial charge in [-0.25, -0.2) is 4.98 Å². The largest absolute Gasteiger partial charge is 0.505 e. The fourth-order valence-corrected chi connectivity index (χ4v) is 2.72. The molecule has 3 N–H and O–H groups in total. The summed E-state index contributed by atoms with van der Waals surface area (Å²) >= 11 is 6.16. The van der Waals surface area contributed by atoms with Gasteiger partial charge in [0.25, 0.3) is 5.91 Å². The van der Waals surface area contributed by atoms with Crippen LogP contribution >= 0.6 is 11.6 Å². The molecule has 1 heterocycles. The molecule has 0 radical (unpaired) electrons. The predicted molar refractivity (Wildman–Crippen MR) is 101 cm³/mol. The number of hydrogen-bond donors (Lipinski definition) is 3. The Hall–Kier alpha value is -3.52. The molecule has 8 nitrogen and oxygen atoms in total. The number of fused-ring (bicyclic) bond motifs is 1. The SMILES string of the molecule is COc1ccc(Oc2ccc3c(O)c(C(=O)NCC(=O)O)nc(Cl)c3c2)cc1. The highest BCUT2D eigenvalue weighted by Crippen LogP contribution is 2.35. The van der Waals surface area contributed by atoms with Crippen LogP contribution in [0.5, 0.6) is 23.0 Å². The molecule has 0 aliphatic carbocycles. The minimum atomic E-state index is -1.22. The lowest BCUT2D eigenvalue weighted by Crippen LogP contribution is -2.30. The lowest BCUT2D eigenvalue weighted by atomic mass is 10.1. The first-order valence-corrected chi connectivity index (χ1v) is 8.41. The molecule has 0 fully saturated rings. The van der Waals surface area contributed by atoms with Crippen LogP contribution in [-0.4, -0.2) is 40.7 Å². The molecule has 1 amide bonds. The van der Waals surface area contributed by atoms with Crippen LogP contribution in [0.25, 0.3) is 10.8 Å². The number of aliphatic carboxylic acids is 1. The van der Waals surface area contributed by atoms with E-state index in [0.29, 0.717) is 22.6 Å². The highest BCUT2D eigenvalue weighted by Gasteiger charge is 2.19. The van der Waals surface area contributed by atoms with Crippen molar-refractivity contribution in [1.82, 2.24) is 10.3 Å². The van der Waals surface area contributed by atoms with Gasteiger partial charge in [-0.1, -0.05) is 11.6 Å². The number of nitrogens with zero attached hydrogens (tertiary/aromatic N) is 1. The molecular formula is C19H15ClN2O6. The van der Waals surface area contributed by atoms with Gasteiger partial charge in [0.2, 0.25) is 0 Å². The number of halogens is 1. The van der Waals surface area contributed by atoms with Crippen molar-refractivity contribution < 1.29 is 29.3 Å². The van der Waals surface area contributed by atoms with Gasteiger partial charge in [0.05, 0.1) is 7.11 Å². The Bertz CT molecular complexity index is 1050. The summed E-state index contributed by atoms with van der Waals surface area (Å²) in [7, 11) is 1.57. The number of hydrogen-bond acceptors (Lipinski definition) is 6. The number of amides is 1. The number of methoxy groups -OCH3 is 1. The summed E-state index contributed by atoms with van der Waals surface area (Å²) in [5, 5.41) is 21.8. The molecular weight excluding hydrogens is 388 g/mol. The zero-order chi connectivity index (χ0) is 20.3. The molecule has 2 aromatic carbocycles. The number of aromatic hydroxyl groups is 1. The smallest absolute Gasteiger partial charge is 0.322 e. The Morgan fingerprint density at radius 3 is 2.36 bits per heavy atom. The Balaban J connectivity index is 1.91. The molecule has 0 atom stereocenters. The van der Waals surface area contributed by atoms with Crippen molar-refractivity contribution in [1.29, 1.82) is 0 Å². The van der Waals surface area contributed by atoms with Crippen LogP contribution in [0.15, 0.2) is 42.5 Å². The summed E-state index contributed by atoms with van der Waals surface area (Å²) in [4.78, 5) is 26.5. The molecule has 0 spiro atoms. The predicted octanol–water partition coefficient (Wildman–Crippen LogP) is 3.21. The number of carbonyl (C=O) groups excluding carboxylic acids is 1. The second-order valence-corrected chi connectivity index (χ2v) is 6.02. The average Bonchev–Trinajstić information content (AvgIpc) is 2.69. The van der Waals surface area contributed by atoms with Crippen molar-refractivity contribution in [3.8, 4) is 23.0 Å². The first-order valence-electron chi connectivity index (χ1n) is 8.03. The maximum Gasteiger partial charge on any atom is 0.322 e. The second kappa shape index (κ2) is 8.01. The number of rotatable bonds is 6. The number of nitrogens with one attached hydrogen (secondary N) is 1. The van der Waals surface area contributed by atoms with E-state index in [-0.39, 0.29) is 16.2 Å². The quantitative estimate of drug-likeness (QED) is 0.542. The maximum absolute atomic E-state index is 12.0. The van der Waals surface area contributed by atoms with Crippen LogP contribution in [0.2, 0.25) is 5.15 Å². The lowest BCUT2D eigenvalue weighted by molar-refractivity contribution is -0.135. The molecule has 0 aliphatic heterocycles. The number of benzene rings is 2. The summed E-state index contributed by atoms with van der Waals surface area (Å²) in [5.41, 5.74) is -0.359. The molecule has 0 saturated heterocycles. The molecule has 0 unspecified atom stereocenters. The van der Waals surface area contributed by atoms with E-state index >= 15 is 0 Å². The van der Waals surface area contributed by atoms with Crippen LogP contribution in [0.4, 0.5) is 0 Å². The Labute approximate surface area is 164 Å². The average molecular weight is 403 g/mol. The third kappa shape index (κ3) is 4.07. The fraction of sp³-hybridized carbons (Fsp3) is 0.105. The zero-order valence-electron chi connectivity index (χ0n) is 14.6. The summed E-state index contributed by atoms with van der Waals surface area (Å²) < 4.78 is 10.8. The van der Waals surface area contributed by atoms with E-state index in [4.69, 9.17) is 26.2 Å². The van der Waals surface area contributed by atoms with Gasteiger partial charge in [-0.05, 0) is 42.5 Å². The van der Waals surface area contributed by atoms with Gasteiger partial charge in [-0.2, -0.15) is 0 Å². The van der Waals surface area contributed by atoms with E-state index in [2.05, 4.69) is 10.3 Å². The molecule has 0 saturated carbocycles. The van der Waals surface area contributed by atoms with E-state index in [1.54, 1.807) is 43.5 Å². The summed E-state index contributed by atoms with van der Waals surface area (Å²) in [6.07, 6.45) is 0.